The molecule has 0 saturated carbocycles. The zero-order chi connectivity index (χ0) is 40.7. The number of thioether (sulfide) groups is 1. The van der Waals surface area contributed by atoms with E-state index >= 15 is 0 Å². The molecule has 0 N–H and O–H groups in total. The second-order valence-corrected chi connectivity index (χ2v) is 14.7. The fraction of sp³-hybridized carbons (Fsp3) is 0.842. The third-order valence-corrected chi connectivity index (χ3v) is 8.83. The first-order valence-corrected chi connectivity index (χ1v) is 20.7. The van der Waals surface area contributed by atoms with Crippen LogP contribution in [0.4, 0.5) is 0 Å². The molecule has 0 radical (unpaired) electrons. The first-order valence-electron chi connectivity index (χ1n) is 19.3. The van der Waals surface area contributed by atoms with Crippen LogP contribution in [0.5, 0.6) is 0 Å². The van der Waals surface area contributed by atoms with Gasteiger partial charge in [-0.25, -0.2) is 0 Å². The molecule has 1 atom stereocenters. The lowest BCUT2D eigenvalue weighted by atomic mass is 10.2. The van der Waals surface area contributed by atoms with Gasteiger partial charge in [-0.15, -0.1) is 0 Å². The van der Waals surface area contributed by atoms with E-state index in [1.807, 2.05) is 18.2 Å². The largest absolute Gasteiger partial charge is 0.462 e. The zero-order valence-electron chi connectivity index (χ0n) is 34.2. The molecule has 0 fully saturated rings. The van der Waals surface area contributed by atoms with E-state index in [1.54, 1.807) is 46.4 Å². The molecule has 314 valence electrons. The number of nitrogens with zero attached hydrogens (tertiary/aromatic N) is 3. The van der Waals surface area contributed by atoms with E-state index in [9.17, 15) is 28.8 Å². The summed E-state index contributed by atoms with van der Waals surface area (Å²) in [5.74, 6) is -2.21. The lowest BCUT2D eigenvalue weighted by Crippen LogP contribution is -2.34. The van der Waals surface area contributed by atoms with Crippen molar-refractivity contribution in [1.82, 2.24) is 14.7 Å². The Bertz CT molecular complexity index is 1080. The summed E-state index contributed by atoms with van der Waals surface area (Å²) in [6, 6.07) is 0. The number of carbonyl (C=O) groups is 6. The minimum atomic E-state index is -0.421. The molecule has 54 heavy (non-hydrogen) atoms. The summed E-state index contributed by atoms with van der Waals surface area (Å²) in [4.78, 5) is 78.6. The van der Waals surface area contributed by atoms with E-state index in [-0.39, 0.29) is 101 Å². The van der Waals surface area contributed by atoms with Crippen LogP contribution in [0.25, 0.3) is 0 Å². The van der Waals surface area contributed by atoms with Crippen molar-refractivity contribution >= 4 is 47.6 Å². The average molecular weight is 792 g/mol. The molecule has 0 heterocycles. The van der Waals surface area contributed by atoms with E-state index in [0.717, 1.165) is 45.4 Å². The summed E-state index contributed by atoms with van der Waals surface area (Å²) >= 11 is 1.56. The summed E-state index contributed by atoms with van der Waals surface area (Å²) < 4.78 is 31.0. The number of rotatable bonds is 33. The molecule has 0 bridgehead atoms. The van der Waals surface area contributed by atoms with Gasteiger partial charge in [-0.3, -0.25) is 28.8 Å². The number of hydrogen-bond acceptors (Lipinski definition) is 16. The lowest BCUT2D eigenvalue weighted by Gasteiger charge is -2.25. The van der Waals surface area contributed by atoms with Crippen LogP contribution >= 0.6 is 11.8 Å². The Balaban J connectivity index is 4.74. The van der Waals surface area contributed by atoms with Crippen molar-refractivity contribution in [3.05, 3.63) is 0 Å². The predicted molar refractivity (Wildman–Crippen MR) is 207 cm³/mol. The molecule has 0 aromatic carbocycles. The topological polar surface area (TPSA) is 168 Å². The van der Waals surface area contributed by atoms with Crippen LogP contribution in [0.15, 0.2) is 0 Å². The SMILES string of the molecule is CCCN(CCCN(C)CCCN(CCC(=O)OCCOC(=O)C(C)C)CCC(=O)OCCOC(=O)C(C)CSC)CCC(=O)OCCOC(=O)C(C)C. The Morgan fingerprint density at radius 1 is 0.500 bits per heavy atom. The maximum atomic E-state index is 12.5. The molecular formula is C38H69N3O12S. The maximum absolute atomic E-state index is 12.5. The number of hydrogen-bond donors (Lipinski definition) is 0. The van der Waals surface area contributed by atoms with Crippen LogP contribution in [0.1, 0.15) is 80.1 Å². The minimum absolute atomic E-state index is 0.00101. The number of ether oxygens (including phenoxy) is 6. The molecule has 0 aromatic rings. The van der Waals surface area contributed by atoms with Gasteiger partial charge in [0, 0.05) is 25.4 Å². The Kier molecular flexibility index (Phi) is 30.5. The Morgan fingerprint density at radius 3 is 1.20 bits per heavy atom. The Labute approximate surface area is 327 Å². The van der Waals surface area contributed by atoms with Crippen molar-refractivity contribution in [2.45, 2.75) is 80.1 Å². The molecule has 0 rings (SSSR count). The molecule has 0 aliphatic rings. The van der Waals surface area contributed by atoms with Gasteiger partial charge in [-0.1, -0.05) is 41.5 Å². The monoisotopic (exact) mass is 791 g/mol. The maximum Gasteiger partial charge on any atom is 0.309 e. The highest BCUT2D eigenvalue weighted by atomic mass is 32.2. The van der Waals surface area contributed by atoms with E-state index in [1.165, 1.54) is 0 Å². The van der Waals surface area contributed by atoms with Crippen LogP contribution < -0.4 is 0 Å². The van der Waals surface area contributed by atoms with Gasteiger partial charge < -0.3 is 43.1 Å². The van der Waals surface area contributed by atoms with E-state index in [2.05, 4.69) is 16.7 Å². The molecule has 15 nitrogen and oxygen atoms in total. The van der Waals surface area contributed by atoms with Crippen molar-refractivity contribution in [2.24, 2.45) is 17.8 Å². The van der Waals surface area contributed by atoms with Crippen LogP contribution in [-0.2, 0) is 57.2 Å². The summed E-state index contributed by atoms with van der Waals surface area (Å²) in [6.07, 6.45) is 5.08. The molecule has 0 amide bonds. The zero-order valence-corrected chi connectivity index (χ0v) is 35.0. The molecular weight excluding hydrogens is 722 g/mol. The quantitative estimate of drug-likeness (QED) is 0.0538. The van der Waals surface area contributed by atoms with Gasteiger partial charge in [0.2, 0.25) is 0 Å². The van der Waals surface area contributed by atoms with Gasteiger partial charge in [0.25, 0.3) is 0 Å². The van der Waals surface area contributed by atoms with Gasteiger partial charge >= 0.3 is 35.8 Å². The molecule has 0 aliphatic heterocycles. The van der Waals surface area contributed by atoms with E-state index in [4.69, 9.17) is 28.4 Å². The van der Waals surface area contributed by atoms with E-state index in [0.29, 0.717) is 31.9 Å². The normalized spacial score (nSPS) is 11.9. The first kappa shape index (κ1) is 51.0. The van der Waals surface area contributed by atoms with Crippen LogP contribution in [0.3, 0.4) is 0 Å². The van der Waals surface area contributed by atoms with Crippen molar-refractivity contribution in [1.29, 1.82) is 0 Å². The second kappa shape index (κ2) is 32.3. The molecule has 0 aliphatic carbocycles. The third-order valence-electron chi connectivity index (χ3n) is 8.00. The predicted octanol–water partition coefficient (Wildman–Crippen LogP) is 3.45. The fourth-order valence-electron chi connectivity index (χ4n) is 4.88. The number of esters is 6. The fourth-order valence-corrected chi connectivity index (χ4v) is 5.52. The highest BCUT2D eigenvalue weighted by Gasteiger charge is 2.16. The van der Waals surface area contributed by atoms with E-state index < -0.39 is 11.9 Å². The summed E-state index contributed by atoms with van der Waals surface area (Å²) in [6.45, 7) is 16.2. The lowest BCUT2D eigenvalue weighted by molar-refractivity contribution is -0.154. The van der Waals surface area contributed by atoms with Gasteiger partial charge in [-0.2, -0.15) is 11.8 Å². The van der Waals surface area contributed by atoms with Crippen molar-refractivity contribution in [3.8, 4) is 0 Å². The smallest absolute Gasteiger partial charge is 0.309 e. The molecule has 0 saturated heterocycles. The summed E-state index contributed by atoms with van der Waals surface area (Å²) in [5, 5.41) is 0. The Morgan fingerprint density at radius 2 is 0.852 bits per heavy atom. The van der Waals surface area contributed by atoms with Crippen LogP contribution in [0, 0.1) is 17.8 Å². The van der Waals surface area contributed by atoms with Crippen molar-refractivity contribution < 1.29 is 57.2 Å². The summed E-state index contributed by atoms with van der Waals surface area (Å²) in [5.41, 5.74) is 0. The molecule has 0 spiro atoms. The molecule has 1 unspecified atom stereocenters. The van der Waals surface area contributed by atoms with Crippen LogP contribution in [-0.4, -0.2) is 162 Å². The van der Waals surface area contributed by atoms with Crippen molar-refractivity contribution in [2.75, 3.05) is 111 Å². The number of carbonyl (C=O) groups excluding carboxylic acids is 6. The molecule has 0 aromatic heterocycles. The standard InChI is InChI=1S/C38H69N3O12S/c1-9-15-40(20-12-33(42)48-23-26-51-36(45)30(2)3)18-10-16-39(7)17-11-19-41(21-13-34(43)49-24-27-52-37(46)31(4)5)22-14-35(44)50-25-28-53-38(47)32(6)29-54-8/h30-32H,9-29H2,1-8H3. The van der Waals surface area contributed by atoms with Gasteiger partial charge in [0.05, 0.1) is 37.0 Å². The van der Waals surface area contributed by atoms with Gasteiger partial charge in [-0.05, 0) is 65.3 Å². The molecule has 16 heteroatoms. The summed E-state index contributed by atoms with van der Waals surface area (Å²) in [7, 11) is 2.05. The second-order valence-electron chi connectivity index (χ2n) is 13.8. The minimum Gasteiger partial charge on any atom is -0.462 e. The average Bonchev–Trinajstić information content (AvgIpc) is 3.13. The van der Waals surface area contributed by atoms with Crippen molar-refractivity contribution in [3.63, 3.8) is 0 Å². The van der Waals surface area contributed by atoms with Gasteiger partial charge in [0.15, 0.2) is 0 Å². The van der Waals surface area contributed by atoms with Crippen LogP contribution in [0.2, 0.25) is 0 Å². The third kappa shape index (κ3) is 28.5. The highest BCUT2D eigenvalue weighted by Crippen LogP contribution is 2.07. The highest BCUT2D eigenvalue weighted by molar-refractivity contribution is 7.98. The Hall–Kier alpha value is -2.95. The first-order chi connectivity index (χ1) is 25.7. The van der Waals surface area contributed by atoms with Gasteiger partial charge in [0.1, 0.15) is 39.6 Å².